The Kier molecular flexibility index (Phi) is 6.83. The first-order valence-corrected chi connectivity index (χ1v) is 12.1. The summed E-state index contributed by atoms with van der Waals surface area (Å²) in [5.74, 6) is 0.240. The SMILES string of the molecule is COc1ccc(S(=O)(=O)Nc2ccc(Nc3cc(C)nc(Nc4ccc(C)cc4)n3)cc2)cc1F. The summed E-state index contributed by atoms with van der Waals surface area (Å²) >= 11 is 0. The minimum Gasteiger partial charge on any atom is -0.494 e. The van der Waals surface area contributed by atoms with Gasteiger partial charge in [-0.05, 0) is 68.4 Å². The summed E-state index contributed by atoms with van der Waals surface area (Å²) in [5, 5.41) is 6.38. The van der Waals surface area contributed by atoms with Crippen LogP contribution in [0.15, 0.2) is 77.7 Å². The number of sulfonamides is 1. The Labute approximate surface area is 203 Å². The molecule has 35 heavy (non-hydrogen) atoms. The first-order valence-electron chi connectivity index (χ1n) is 10.6. The number of hydrogen-bond donors (Lipinski definition) is 3. The molecule has 0 unspecified atom stereocenters. The quantitative estimate of drug-likeness (QED) is 0.296. The van der Waals surface area contributed by atoms with Crippen LogP contribution in [0.2, 0.25) is 0 Å². The Hall–Kier alpha value is -4.18. The second-order valence-corrected chi connectivity index (χ2v) is 9.50. The zero-order valence-corrected chi connectivity index (χ0v) is 20.2. The van der Waals surface area contributed by atoms with Crippen molar-refractivity contribution in [3.63, 3.8) is 0 Å². The molecule has 0 aliphatic carbocycles. The van der Waals surface area contributed by atoms with Crippen molar-refractivity contribution in [3.8, 4) is 5.75 Å². The molecule has 3 aromatic carbocycles. The molecule has 0 bridgehead atoms. The van der Waals surface area contributed by atoms with Gasteiger partial charge in [0, 0.05) is 28.8 Å². The Balaban J connectivity index is 1.46. The van der Waals surface area contributed by atoms with E-state index in [0.717, 1.165) is 23.0 Å². The maximum absolute atomic E-state index is 13.9. The van der Waals surface area contributed by atoms with Gasteiger partial charge in [-0.1, -0.05) is 17.7 Å². The van der Waals surface area contributed by atoms with Crippen molar-refractivity contribution >= 4 is 38.9 Å². The third-order valence-corrected chi connectivity index (χ3v) is 6.38. The van der Waals surface area contributed by atoms with Crippen molar-refractivity contribution in [1.29, 1.82) is 0 Å². The number of nitrogens with zero attached hydrogens (tertiary/aromatic N) is 2. The molecule has 0 fully saturated rings. The van der Waals surface area contributed by atoms with E-state index in [1.54, 1.807) is 30.3 Å². The summed E-state index contributed by atoms with van der Waals surface area (Å²) < 4.78 is 46.4. The van der Waals surface area contributed by atoms with Gasteiger partial charge in [-0.3, -0.25) is 4.72 Å². The zero-order valence-electron chi connectivity index (χ0n) is 19.3. The van der Waals surface area contributed by atoms with Gasteiger partial charge >= 0.3 is 0 Å². The number of rotatable bonds is 8. The van der Waals surface area contributed by atoms with Gasteiger partial charge in [-0.2, -0.15) is 4.98 Å². The number of aromatic nitrogens is 2. The highest BCUT2D eigenvalue weighted by molar-refractivity contribution is 7.92. The molecule has 1 heterocycles. The van der Waals surface area contributed by atoms with Gasteiger partial charge in [0.2, 0.25) is 5.95 Å². The average molecular weight is 494 g/mol. The number of methoxy groups -OCH3 is 1. The number of benzene rings is 3. The van der Waals surface area contributed by atoms with Crippen molar-refractivity contribution in [1.82, 2.24) is 9.97 Å². The first kappa shape index (κ1) is 24.0. The maximum Gasteiger partial charge on any atom is 0.262 e. The molecule has 1 aromatic heterocycles. The molecule has 0 radical (unpaired) electrons. The largest absolute Gasteiger partial charge is 0.494 e. The topological polar surface area (TPSA) is 105 Å². The van der Waals surface area contributed by atoms with Crippen LogP contribution in [0.5, 0.6) is 5.75 Å². The van der Waals surface area contributed by atoms with Crippen LogP contribution in [0.1, 0.15) is 11.3 Å². The second-order valence-electron chi connectivity index (χ2n) is 7.81. The lowest BCUT2D eigenvalue weighted by atomic mass is 10.2. The van der Waals surface area contributed by atoms with Crippen LogP contribution >= 0.6 is 0 Å². The summed E-state index contributed by atoms with van der Waals surface area (Å²) in [6.45, 7) is 3.89. The van der Waals surface area contributed by atoms with Crippen LogP contribution in [0, 0.1) is 19.7 Å². The van der Waals surface area contributed by atoms with Crippen molar-refractivity contribution in [2.24, 2.45) is 0 Å². The fourth-order valence-corrected chi connectivity index (χ4v) is 4.32. The summed E-state index contributed by atoms with van der Waals surface area (Å²) in [4.78, 5) is 8.71. The first-order chi connectivity index (χ1) is 16.7. The molecule has 0 saturated carbocycles. The Morgan fingerprint density at radius 1 is 0.800 bits per heavy atom. The monoisotopic (exact) mass is 493 g/mol. The van der Waals surface area contributed by atoms with E-state index < -0.39 is 15.8 Å². The van der Waals surface area contributed by atoms with Gasteiger partial charge in [-0.25, -0.2) is 17.8 Å². The standard InChI is InChI=1S/C25H24FN5O3S/c1-16-4-6-19(7-5-16)29-25-27-17(2)14-24(30-25)28-18-8-10-20(11-9-18)31-35(32,33)21-12-13-23(34-3)22(26)15-21/h4-15,31H,1-3H3,(H2,27,28,29,30). The lowest BCUT2D eigenvalue weighted by Gasteiger charge is -2.12. The predicted octanol–water partition coefficient (Wildman–Crippen LogP) is 5.53. The molecule has 0 spiro atoms. The van der Waals surface area contributed by atoms with Crippen molar-refractivity contribution in [2.75, 3.05) is 22.5 Å². The Bertz CT molecular complexity index is 1440. The van der Waals surface area contributed by atoms with Crippen LogP contribution in [0.3, 0.4) is 0 Å². The van der Waals surface area contributed by atoms with E-state index in [-0.39, 0.29) is 10.6 Å². The maximum atomic E-state index is 13.9. The van der Waals surface area contributed by atoms with E-state index in [1.807, 2.05) is 38.1 Å². The number of hydrogen-bond acceptors (Lipinski definition) is 7. The molecule has 3 N–H and O–H groups in total. The van der Waals surface area contributed by atoms with E-state index in [1.165, 1.54) is 19.2 Å². The summed E-state index contributed by atoms with van der Waals surface area (Å²) in [6, 6.07) is 19.8. The highest BCUT2D eigenvalue weighted by atomic mass is 32.2. The van der Waals surface area contributed by atoms with Crippen molar-refractivity contribution < 1.29 is 17.5 Å². The smallest absolute Gasteiger partial charge is 0.262 e. The Morgan fingerprint density at radius 2 is 1.43 bits per heavy atom. The van der Waals surface area contributed by atoms with Crippen LogP contribution in [0.4, 0.5) is 33.2 Å². The second kappa shape index (κ2) is 9.98. The molecule has 8 nitrogen and oxygen atoms in total. The van der Waals surface area contributed by atoms with Crippen molar-refractivity contribution in [3.05, 3.63) is 89.9 Å². The van der Waals surface area contributed by atoms with Crippen LogP contribution in [0.25, 0.3) is 0 Å². The van der Waals surface area contributed by atoms with Crippen LogP contribution in [-0.4, -0.2) is 25.5 Å². The molecule has 4 rings (SSSR count). The highest BCUT2D eigenvalue weighted by Crippen LogP contribution is 2.24. The fourth-order valence-electron chi connectivity index (χ4n) is 3.25. The minimum atomic E-state index is -3.97. The van der Waals surface area contributed by atoms with Crippen LogP contribution in [-0.2, 0) is 10.0 Å². The number of halogens is 1. The normalized spacial score (nSPS) is 11.1. The third kappa shape index (κ3) is 6.04. The van der Waals surface area contributed by atoms with Gasteiger partial charge in [0.1, 0.15) is 5.82 Å². The molecule has 0 aliphatic heterocycles. The number of ether oxygens (including phenoxy) is 1. The number of anilines is 5. The molecular formula is C25H24FN5O3S. The summed E-state index contributed by atoms with van der Waals surface area (Å²) in [6.07, 6.45) is 0. The van der Waals surface area contributed by atoms with E-state index in [9.17, 15) is 12.8 Å². The zero-order chi connectivity index (χ0) is 25.0. The molecular weight excluding hydrogens is 469 g/mol. The van der Waals surface area contributed by atoms with Gasteiger partial charge in [0.25, 0.3) is 10.0 Å². The van der Waals surface area contributed by atoms with E-state index in [0.29, 0.717) is 23.1 Å². The predicted molar refractivity (Wildman–Crippen MR) is 135 cm³/mol. The summed E-state index contributed by atoms with van der Waals surface area (Å²) in [5.41, 5.74) is 3.83. The summed E-state index contributed by atoms with van der Waals surface area (Å²) in [7, 11) is -2.66. The Morgan fingerprint density at radius 3 is 2.09 bits per heavy atom. The van der Waals surface area contributed by atoms with Gasteiger partial charge in [0.05, 0.1) is 12.0 Å². The third-order valence-electron chi connectivity index (χ3n) is 5.01. The number of aryl methyl sites for hydroxylation is 2. The van der Waals surface area contributed by atoms with Gasteiger partial charge in [0.15, 0.2) is 11.6 Å². The molecule has 0 atom stereocenters. The van der Waals surface area contributed by atoms with E-state index in [4.69, 9.17) is 4.74 Å². The molecule has 0 amide bonds. The van der Waals surface area contributed by atoms with E-state index >= 15 is 0 Å². The molecule has 0 saturated heterocycles. The van der Waals surface area contributed by atoms with E-state index in [2.05, 4.69) is 25.3 Å². The minimum absolute atomic E-state index is 0.0310. The number of nitrogens with one attached hydrogen (secondary N) is 3. The molecule has 180 valence electrons. The lowest BCUT2D eigenvalue weighted by molar-refractivity contribution is 0.385. The molecule has 10 heteroatoms. The lowest BCUT2D eigenvalue weighted by Crippen LogP contribution is -2.13. The highest BCUT2D eigenvalue weighted by Gasteiger charge is 2.17. The average Bonchev–Trinajstić information content (AvgIpc) is 2.81. The molecule has 0 aliphatic rings. The van der Waals surface area contributed by atoms with Crippen molar-refractivity contribution in [2.45, 2.75) is 18.7 Å². The van der Waals surface area contributed by atoms with Gasteiger partial charge < -0.3 is 15.4 Å². The molecule has 4 aromatic rings. The fraction of sp³-hybridized carbons (Fsp3) is 0.120. The van der Waals surface area contributed by atoms with Gasteiger partial charge in [-0.15, -0.1) is 0 Å². The van der Waals surface area contributed by atoms with Crippen LogP contribution < -0.4 is 20.1 Å².